The van der Waals surface area contributed by atoms with Crippen molar-refractivity contribution in [1.82, 2.24) is 0 Å². The lowest BCUT2D eigenvalue weighted by molar-refractivity contribution is -0.155. The van der Waals surface area contributed by atoms with E-state index in [0.717, 1.165) is 37.9 Å². The summed E-state index contributed by atoms with van der Waals surface area (Å²) in [5, 5.41) is 0. The molecule has 2 heteroatoms. The Bertz CT molecular complexity index is 239. The number of rotatable bonds is 3. The molecule has 2 aliphatic rings. The summed E-state index contributed by atoms with van der Waals surface area (Å²) < 4.78 is 11.6. The van der Waals surface area contributed by atoms with Crippen molar-refractivity contribution >= 4 is 0 Å². The van der Waals surface area contributed by atoms with Crippen molar-refractivity contribution in [2.24, 2.45) is 17.3 Å². The molecule has 1 aliphatic carbocycles. The van der Waals surface area contributed by atoms with Gasteiger partial charge in [0, 0.05) is 12.8 Å². The fourth-order valence-corrected chi connectivity index (χ4v) is 3.62. The standard InChI is InChI=1S/C14H26O2/c1-11(2)9-13(3,4)12-5-6-14(10-12)15-7-8-16-14/h11-12H,5-10H2,1-4H3. The van der Waals surface area contributed by atoms with E-state index in [-0.39, 0.29) is 5.79 Å². The monoisotopic (exact) mass is 226 g/mol. The van der Waals surface area contributed by atoms with Crippen LogP contribution in [0.15, 0.2) is 0 Å². The highest BCUT2D eigenvalue weighted by Crippen LogP contribution is 2.49. The molecule has 0 aromatic carbocycles. The van der Waals surface area contributed by atoms with Crippen LogP contribution in [0.2, 0.25) is 0 Å². The van der Waals surface area contributed by atoms with Crippen molar-refractivity contribution in [3.63, 3.8) is 0 Å². The Balaban J connectivity index is 1.96. The topological polar surface area (TPSA) is 18.5 Å². The minimum Gasteiger partial charge on any atom is -0.348 e. The van der Waals surface area contributed by atoms with Crippen molar-refractivity contribution < 1.29 is 9.47 Å². The highest BCUT2D eigenvalue weighted by Gasteiger charge is 2.48. The number of ether oxygens (including phenoxy) is 2. The summed E-state index contributed by atoms with van der Waals surface area (Å²) in [5.41, 5.74) is 0.424. The number of hydrogen-bond donors (Lipinski definition) is 0. The second kappa shape index (κ2) is 4.30. The largest absolute Gasteiger partial charge is 0.348 e. The van der Waals surface area contributed by atoms with E-state index in [1.807, 2.05) is 0 Å². The molecule has 1 atom stereocenters. The Morgan fingerprint density at radius 2 is 1.88 bits per heavy atom. The van der Waals surface area contributed by atoms with Gasteiger partial charge in [0.1, 0.15) is 0 Å². The average molecular weight is 226 g/mol. The summed E-state index contributed by atoms with van der Waals surface area (Å²) in [6.07, 6.45) is 4.76. The predicted octanol–water partition coefficient (Wildman–Crippen LogP) is 3.60. The lowest BCUT2D eigenvalue weighted by Gasteiger charge is -2.34. The summed E-state index contributed by atoms with van der Waals surface area (Å²) in [6, 6.07) is 0. The van der Waals surface area contributed by atoms with Crippen LogP contribution in [-0.2, 0) is 9.47 Å². The van der Waals surface area contributed by atoms with E-state index in [1.165, 1.54) is 12.8 Å². The highest BCUT2D eigenvalue weighted by atomic mass is 16.7. The molecule has 1 aliphatic heterocycles. The molecule has 2 nitrogen and oxygen atoms in total. The molecule has 0 amide bonds. The van der Waals surface area contributed by atoms with Crippen LogP contribution in [0.3, 0.4) is 0 Å². The molecule has 0 aromatic rings. The van der Waals surface area contributed by atoms with Crippen LogP contribution in [0.1, 0.15) is 53.4 Å². The molecule has 0 bridgehead atoms. The predicted molar refractivity (Wildman–Crippen MR) is 65.2 cm³/mol. The highest BCUT2D eigenvalue weighted by molar-refractivity contribution is 4.92. The maximum atomic E-state index is 5.81. The van der Waals surface area contributed by atoms with E-state index in [1.54, 1.807) is 0 Å². The van der Waals surface area contributed by atoms with Gasteiger partial charge in [-0.1, -0.05) is 27.7 Å². The van der Waals surface area contributed by atoms with Gasteiger partial charge in [-0.2, -0.15) is 0 Å². The summed E-state index contributed by atoms with van der Waals surface area (Å²) in [4.78, 5) is 0. The second-order valence-corrected chi connectivity index (χ2v) is 6.63. The first-order chi connectivity index (χ1) is 7.44. The van der Waals surface area contributed by atoms with Crippen LogP contribution in [0, 0.1) is 17.3 Å². The van der Waals surface area contributed by atoms with Crippen LogP contribution in [-0.4, -0.2) is 19.0 Å². The van der Waals surface area contributed by atoms with Crippen molar-refractivity contribution in [2.45, 2.75) is 59.2 Å². The van der Waals surface area contributed by atoms with Crippen molar-refractivity contribution in [3.8, 4) is 0 Å². The first-order valence-corrected chi connectivity index (χ1v) is 6.71. The van der Waals surface area contributed by atoms with Crippen LogP contribution in [0.25, 0.3) is 0 Å². The van der Waals surface area contributed by atoms with E-state index in [4.69, 9.17) is 9.47 Å². The fourth-order valence-electron chi connectivity index (χ4n) is 3.62. The first kappa shape index (κ1) is 12.4. The van der Waals surface area contributed by atoms with Crippen molar-refractivity contribution in [1.29, 1.82) is 0 Å². The molecular weight excluding hydrogens is 200 g/mol. The van der Waals surface area contributed by atoms with E-state index in [0.29, 0.717) is 5.41 Å². The van der Waals surface area contributed by atoms with Crippen molar-refractivity contribution in [3.05, 3.63) is 0 Å². The average Bonchev–Trinajstić information content (AvgIpc) is 2.75. The van der Waals surface area contributed by atoms with Crippen LogP contribution in [0.5, 0.6) is 0 Å². The fraction of sp³-hybridized carbons (Fsp3) is 1.00. The van der Waals surface area contributed by atoms with Crippen molar-refractivity contribution in [2.75, 3.05) is 13.2 Å². The van der Waals surface area contributed by atoms with Crippen LogP contribution in [0.4, 0.5) is 0 Å². The van der Waals surface area contributed by atoms with E-state index < -0.39 is 0 Å². The quantitative estimate of drug-likeness (QED) is 0.732. The molecule has 0 aromatic heterocycles. The van der Waals surface area contributed by atoms with Gasteiger partial charge in [-0.3, -0.25) is 0 Å². The molecule has 94 valence electrons. The van der Waals surface area contributed by atoms with E-state index in [9.17, 15) is 0 Å². The molecule has 1 saturated carbocycles. The molecular formula is C14H26O2. The molecule has 0 radical (unpaired) electrons. The summed E-state index contributed by atoms with van der Waals surface area (Å²) in [5.74, 6) is 1.34. The minimum atomic E-state index is -0.196. The van der Waals surface area contributed by atoms with Gasteiger partial charge in [-0.05, 0) is 30.1 Å². The third-order valence-electron chi connectivity index (χ3n) is 4.28. The third kappa shape index (κ3) is 2.43. The smallest absolute Gasteiger partial charge is 0.168 e. The van der Waals surface area contributed by atoms with Gasteiger partial charge in [0.2, 0.25) is 0 Å². The van der Waals surface area contributed by atoms with Crippen LogP contribution < -0.4 is 0 Å². The zero-order valence-corrected chi connectivity index (χ0v) is 11.2. The molecule has 2 rings (SSSR count). The summed E-state index contributed by atoms with van der Waals surface area (Å²) in [7, 11) is 0. The molecule has 1 unspecified atom stereocenters. The van der Waals surface area contributed by atoms with Gasteiger partial charge in [0.05, 0.1) is 13.2 Å². The maximum absolute atomic E-state index is 5.81. The van der Waals surface area contributed by atoms with Gasteiger partial charge >= 0.3 is 0 Å². The Morgan fingerprint density at radius 3 is 2.44 bits per heavy atom. The van der Waals surface area contributed by atoms with Gasteiger partial charge in [0.25, 0.3) is 0 Å². The molecule has 0 N–H and O–H groups in total. The van der Waals surface area contributed by atoms with Gasteiger partial charge < -0.3 is 9.47 Å². The summed E-state index contributed by atoms with van der Waals surface area (Å²) in [6.45, 7) is 11.0. The van der Waals surface area contributed by atoms with Gasteiger partial charge in [-0.25, -0.2) is 0 Å². The minimum absolute atomic E-state index is 0.196. The summed E-state index contributed by atoms with van der Waals surface area (Å²) >= 11 is 0. The van der Waals surface area contributed by atoms with Crippen LogP contribution >= 0.6 is 0 Å². The Hall–Kier alpha value is -0.0800. The zero-order chi connectivity index (χ0) is 11.8. The maximum Gasteiger partial charge on any atom is 0.168 e. The third-order valence-corrected chi connectivity index (χ3v) is 4.28. The second-order valence-electron chi connectivity index (χ2n) is 6.63. The molecule has 1 saturated heterocycles. The molecule has 2 fully saturated rings. The Labute approximate surface area is 99.7 Å². The molecule has 16 heavy (non-hydrogen) atoms. The lowest BCUT2D eigenvalue weighted by Crippen LogP contribution is -2.30. The van der Waals surface area contributed by atoms with E-state index >= 15 is 0 Å². The van der Waals surface area contributed by atoms with Gasteiger partial charge in [0.15, 0.2) is 5.79 Å². The normalized spacial score (nSPS) is 29.4. The Kier molecular flexibility index (Phi) is 3.33. The Morgan fingerprint density at radius 1 is 1.25 bits per heavy atom. The lowest BCUT2D eigenvalue weighted by atomic mass is 9.72. The SMILES string of the molecule is CC(C)CC(C)(C)C1CCC2(C1)OCCO2. The van der Waals surface area contributed by atoms with E-state index in [2.05, 4.69) is 27.7 Å². The van der Waals surface area contributed by atoms with Gasteiger partial charge in [-0.15, -0.1) is 0 Å². The molecule has 1 heterocycles. The zero-order valence-electron chi connectivity index (χ0n) is 11.2. The number of hydrogen-bond acceptors (Lipinski definition) is 2. The molecule has 1 spiro atoms. The first-order valence-electron chi connectivity index (χ1n) is 6.71.